The lowest BCUT2D eigenvalue weighted by Gasteiger charge is -2.25. The van der Waals surface area contributed by atoms with Crippen molar-refractivity contribution in [3.63, 3.8) is 0 Å². The average Bonchev–Trinajstić information content (AvgIpc) is 3.53. The molecular formula is C25H23N3O3S2. The summed E-state index contributed by atoms with van der Waals surface area (Å²) in [4.78, 5) is 21.8. The first-order valence-corrected chi connectivity index (χ1v) is 12.7. The molecule has 0 saturated carbocycles. The molecule has 6 nitrogen and oxygen atoms in total. The van der Waals surface area contributed by atoms with Crippen LogP contribution in [0.2, 0.25) is 0 Å². The number of rotatable bonds is 5. The van der Waals surface area contributed by atoms with E-state index in [1.54, 1.807) is 22.7 Å². The van der Waals surface area contributed by atoms with Crippen LogP contribution in [0.15, 0.2) is 42.5 Å². The van der Waals surface area contributed by atoms with Gasteiger partial charge in [-0.25, -0.2) is 4.98 Å². The first-order chi connectivity index (χ1) is 16.2. The highest BCUT2D eigenvalue weighted by Crippen LogP contribution is 2.45. The number of benzene rings is 2. The number of nitrogens with one attached hydrogen (secondary N) is 1. The van der Waals surface area contributed by atoms with Crippen LogP contribution in [0.3, 0.4) is 0 Å². The molecule has 2 aliphatic heterocycles. The van der Waals surface area contributed by atoms with Crippen LogP contribution >= 0.6 is 22.7 Å². The van der Waals surface area contributed by atoms with Crippen molar-refractivity contribution in [2.75, 3.05) is 25.2 Å². The summed E-state index contributed by atoms with van der Waals surface area (Å²) in [6.45, 7) is 5.40. The molecule has 6 rings (SSSR count). The molecule has 2 aliphatic rings. The number of anilines is 1. The predicted octanol–water partition coefficient (Wildman–Crippen LogP) is 5.31. The summed E-state index contributed by atoms with van der Waals surface area (Å²) >= 11 is 3.39. The fourth-order valence-corrected chi connectivity index (χ4v) is 6.84. The van der Waals surface area contributed by atoms with Crippen molar-refractivity contribution in [1.82, 2.24) is 9.88 Å². The molecule has 0 bridgehead atoms. The minimum atomic E-state index is -0.0397. The number of para-hydroxylation sites is 1. The van der Waals surface area contributed by atoms with Gasteiger partial charge in [0.05, 0.1) is 16.6 Å². The summed E-state index contributed by atoms with van der Waals surface area (Å²) in [6.07, 6.45) is 1.25. The van der Waals surface area contributed by atoms with Crippen LogP contribution in [0.25, 0.3) is 20.8 Å². The van der Waals surface area contributed by atoms with E-state index in [4.69, 9.17) is 14.5 Å². The highest BCUT2D eigenvalue weighted by atomic mass is 32.1. The first-order valence-electron chi connectivity index (χ1n) is 11.1. The van der Waals surface area contributed by atoms with Crippen LogP contribution in [0, 0.1) is 0 Å². The van der Waals surface area contributed by atoms with E-state index in [-0.39, 0.29) is 19.1 Å². The Morgan fingerprint density at radius 2 is 2.03 bits per heavy atom. The van der Waals surface area contributed by atoms with Gasteiger partial charge in [0, 0.05) is 23.5 Å². The van der Waals surface area contributed by atoms with E-state index in [1.807, 2.05) is 36.4 Å². The molecule has 1 N–H and O–H groups in total. The van der Waals surface area contributed by atoms with Gasteiger partial charge in [-0.3, -0.25) is 9.69 Å². The summed E-state index contributed by atoms with van der Waals surface area (Å²) in [6, 6.07) is 13.9. The maximum atomic E-state index is 13.1. The number of nitrogens with zero attached hydrogens (tertiary/aromatic N) is 2. The quantitative estimate of drug-likeness (QED) is 0.422. The van der Waals surface area contributed by atoms with E-state index in [0.717, 1.165) is 63.2 Å². The Labute approximate surface area is 199 Å². The second-order valence-corrected chi connectivity index (χ2v) is 10.4. The molecule has 8 heteroatoms. The zero-order valence-electron chi connectivity index (χ0n) is 18.2. The lowest BCUT2D eigenvalue weighted by atomic mass is 10.0. The van der Waals surface area contributed by atoms with Gasteiger partial charge < -0.3 is 14.8 Å². The standard InChI is InChI=1S/C25H23N3O3S2/c1-2-28-10-9-16-21(13-28)33-25(23(16)24-26-17-5-3-4-6-20(17)32-24)27-22(29)12-15-7-8-18-19(11-15)31-14-30-18/h3-8,11H,2,9-10,12-14H2,1H3,(H,27,29). The number of fused-ring (bicyclic) bond motifs is 3. The Hall–Kier alpha value is -2.94. The van der Waals surface area contributed by atoms with Gasteiger partial charge in [0.1, 0.15) is 10.0 Å². The number of amides is 1. The predicted molar refractivity (Wildman–Crippen MR) is 132 cm³/mol. The van der Waals surface area contributed by atoms with E-state index in [0.29, 0.717) is 5.75 Å². The Balaban J connectivity index is 1.33. The third-order valence-corrected chi connectivity index (χ3v) is 8.33. The summed E-state index contributed by atoms with van der Waals surface area (Å²) < 4.78 is 12.0. The second kappa shape index (κ2) is 8.44. The fourth-order valence-electron chi connectivity index (χ4n) is 4.43. The molecule has 2 aromatic carbocycles. The highest BCUT2D eigenvalue weighted by molar-refractivity contribution is 7.22. The minimum Gasteiger partial charge on any atom is -0.454 e. The van der Waals surface area contributed by atoms with Crippen LogP contribution < -0.4 is 14.8 Å². The molecular weight excluding hydrogens is 454 g/mol. The third kappa shape index (κ3) is 3.88. The van der Waals surface area contributed by atoms with E-state index >= 15 is 0 Å². The van der Waals surface area contributed by atoms with E-state index in [1.165, 1.54) is 10.4 Å². The van der Waals surface area contributed by atoms with Gasteiger partial charge in [0.15, 0.2) is 11.5 Å². The highest BCUT2D eigenvalue weighted by Gasteiger charge is 2.27. The van der Waals surface area contributed by atoms with Crippen LogP contribution in [0.5, 0.6) is 11.5 Å². The van der Waals surface area contributed by atoms with E-state index < -0.39 is 0 Å². The summed E-state index contributed by atoms with van der Waals surface area (Å²) in [7, 11) is 0. The molecule has 0 fully saturated rings. The van der Waals surface area contributed by atoms with Gasteiger partial charge in [-0.1, -0.05) is 25.1 Å². The zero-order valence-corrected chi connectivity index (χ0v) is 19.9. The number of thiophene rings is 1. The van der Waals surface area contributed by atoms with E-state index in [9.17, 15) is 4.79 Å². The number of carbonyl (C=O) groups is 1. The maximum absolute atomic E-state index is 13.1. The average molecular weight is 478 g/mol. The zero-order chi connectivity index (χ0) is 22.4. The van der Waals surface area contributed by atoms with Gasteiger partial charge in [-0.2, -0.15) is 0 Å². The van der Waals surface area contributed by atoms with Crippen LogP contribution in [0.4, 0.5) is 5.00 Å². The number of aromatic nitrogens is 1. The molecule has 1 amide bonds. The van der Waals surface area contributed by atoms with Gasteiger partial charge in [-0.05, 0) is 48.4 Å². The number of hydrogen-bond acceptors (Lipinski definition) is 7. The molecule has 4 aromatic rings. The van der Waals surface area contributed by atoms with Gasteiger partial charge in [0.25, 0.3) is 0 Å². The molecule has 2 aromatic heterocycles. The molecule has 0 radical (unpaired) electrons. The lowest BCUT2D eigenvalue weighted by molar-refractivity contribution is -0.115. The lowest BCUT2D eigenvalue weighted by Crippen LogP contribution is -2.29. The van der Waals surface area contributed by atoms with Crippen molar-refractivity contribution in [3.8, 4) is 22.1 Å². The smallest absolute Gasteiger partial charge is 0.231 e. The summed E-state index contributed by atoms with van der Waals surface area (Å²) in [5.74, 6) is 1.38. The van der Waals surface area contributed by atoms with Crippen molar-refractivity contribution in [2.24, 2.45) is 0 Å². The number of ether oxygens (including phenoxy) is 2. The summed E-state index contributed by atoms with van der Waals surface area (Å²) in [5.41, 5.74) is 4.34. The van der Waals surface area contributed by atoms with Crippen molar-refractivity contribution in [1.29, 1.82) is 0 Å². The van der Waals surface area contributed by atoms with E-state index in [2.05, 4.69) is 23.2 Å². The Morgan fingerprint density at radius 3 is 2.91 bits per heavy atom. The fraction of sp³-hybridized carbons (Fsp3) is 0.280. The van der Waals surface area contributed by atoms with Crippen molar-refractivity contribution in [3.05, 3.63) is 58.5 Å². The Bertz CT molecular complexity index is 1330. The van der Waals surface area contributed by atoms with Crippen molar-refractivity contribution < 1.29 is 14.3 Å². The van der Waals surface area contributed by atoms with Crippen LogP contribution in [-0.4, -0.2) is 35.7 Å². The molecule has 168 valence electrons. The number of likely N-dealkylation sites (N-methyl/N-ethyl adjacent to an activating group) is 1. The van der Waals surface area contributed by atoms with Gasteiger partial charge in [0.2, 0.25) is 12.7 Å². The molecule has 0 aliphatic carbocycles. The van der Waals surface area contributed by atoms with Crippen LogP contribution in [-0.2, 0) is 24.2 Å². The first kappa shape index (κ1) is 20.7. The summed E-state index contributed by atoms with van der Waals surface area (Å²) in [5, 5.41) is 5.10. The Kier molecular flexibility index (Phi) is 5.28. The van der Waals surface area contributed by atoms with Gasteiger partial charge in [-0.15, -0.1) is 22.7 Å². The molecule has 4 heterocycles. The molecule has 33 heavy (non-hydrogen) atoms. The van der Waals surface area contributed by atoms with Crippen LogP contribution in [0.1, 0.15) is 22.9 Å². The SMILES string of the molecule is CCN1CCc2c(sc(NC(=O)Cc3ccc4c(c3)OCO4)c2-c2nc3ccccc3s2)C1. The minimum absolute atomic E-state index is 0.0397. The molecule has 0 saturated heterocycles. The largest absolute Gasteiger partial charge is 0.454 e. The molecule has 0 unspecified atom stereocenters. The molecule has 0 atom stereocenters. The van der Waals surface area contributed by atoms with Crippen molar-refractivity contribution in [2.45, 2.75) is 26.3 Å². The normalized spacial score (nSPS) is 15.1. The topological polar surface area (TPSA) is 63.7 Å². The number of carbonyl (C=O) groups excluding carboxylic acids is 1. The monoisotopic (exact) mass is 477 g/mol. The number of hydrogen-bond donors (Lipinski definition) is 1. The maximum Gasteiger partial charge on any atom is 0.231 e. The van der Waals surface area contributed by atoms with Gasteiger partial charge >= 0.3 is 0 Å². The third-order valence-electron chi connectivity index (χ3n) is 6.15. The van der Waals surface area contributed by atoms with Crippen molar-refractivity contribution >= 4 is 43.8 Å². The number of thiazole rings is 1. The Morgan fingerprint density at radius 1 is 1.15 bits per heavy atom. The molecule has 0 spiro atoms. The second-order valence-electron chi connectivity index (χ2n) is 8.23.